The van der Waals surface area contributed by atoms with E-state index in [-0.39, 0.29) is 17.9 Å². The number of aromatic amines is 1. The van der Waals surface area contributed by atoms with E-state index in [0.717, 1.165) is 5.69 Å². The molecule has 20 heavy (non-hydrogen) atoms. The molecule has 1 aromatic heterocycles. The molecule has 0 saturated heterocycles. The Hall–Kier alpha value is -2.62. The van der Waals surface area contributed by atoms with Crippen molar-refractivity contribution in [3.63, 3.8) is 0 Å². The highest BCUT2D eigenvalue weighted by Gasteiger charge is 2.26. The smallest absolute Gasteiger partial charge is 0.204 e. The van der Waals surface area contributed by atoms with Crippen molar-refractivity contribution >= 4 is 5.69 Å². The van der Waals surface area contributed by atoms with Crippen LogP contribution in [0.5, 0.6) is 5.75 Å². The van der Waals surface area contributed by atoms with Gasteiger partial charge >= 0.3 is 0 Å². The molecule has 0 bridgehead atoms. The zero-order valence-electron chi connectivity index (χ0n) is 10.4. The van der Waals surface area contributed by atoms with Crippen LogP contribution in [0.25, 0.3) is 0 Å². The Balaban J connectivity index is 2.04. The van der Waals surface area contributed by atoms with Crippen LogP contribution in [0, 0.1) is 23.0 Å². The number of ether oxygens (including phenoxy) is 1. The predicted octanol–water partition coefficient (Wildman–Crippen LogP) is 1.96. The van der Waals surface area contributed by atoms with E-state index >= 15 is 0 Å². The van der Waals surface area contributed by atoms with Crippen molar-refractivity contribution in [1.29, 1.82) is 5.26 Å². The van der Waals surface area contributed by atoms with Crippen LogP contribution >= 0.6 is 0 Å². The Morgan fingerprint density at radius 2 is 2.30 bits per heavy atom. The minimum atomic E-state index is -1.17. The number of fused-ring (bicyclic) bond motifs is 1. The molecule has 0 fully saturated rings. The van der Waals surface area contributed by atoms with Crippen molar-refractivity contribution < 1.29 is 13.5 Å². The van der Waals surface area contributed by atoms with E-state index in [0.29, 0.717) is 18.8 Å². The number of hydrogen-bond donors (Lipinski definition) is 1. The summed E-state index contributed by atoms with van der Waals surface area (Å²) in [4.78, 5) is 8.73. The molecule has 1 aliphatic rings. The van der Waals surface area contributed by atoms with E-state index in [1.807, 2.05) is 0 Å². The van der Waals surface area contributed by atoms with Gasteiger partial charge in [0.25, 0.3) is 0 Å². The van der Waals surface area contributed by atoms with Gasteiger partial charge in [0.05, 0.1) is 36.4 Å². The van der Waals surface area contributed by atoms with Crippen LogP contribution in [0.15, 0.2) is 18.6 Å². The molecule has 0 saturated carbocycles. The molecule has 1 N–H and O–H groups in total. The summed E-state index contributed by atoms with van der Waals surface area (Å²) in [6.45, 7) is 1.19. The number of imidazole rings is 1. The summed E-state index contributed by atoms with van der Waals surface area (Å²) in [5.41, 5.74) is 0.801. The van der Waals surface area contributed by atoms with Gasteiger partial charge in [0.2, 0.25) is 5.82 Å². The lowest BCUT2D eigenvalue weighted by Crippen LogP contribution is -2.33. The van der Waals surface area contributed by atoms with Crippen LogP contribution in [-0.2, 0) is 6.54 Å². The fraction of sp³-hybridized carbons (Fsp3) is 0.231. The zero-order valence-corrected chi connectivity index (χ0v) is 10.4. The zero-order chi connectivity index (χ0) is 14.1. The maximum absolute atomic E-state index is 13.9. The molecule has 0 spiro atoms. The Kier molecular flexibility index (Phi) is 2.99. The SMILES string of the molecule is N#Cc1cc2c(c(F)c1F)OCCN2Cc1c[nH]cn1. The van der Waals surface area contributed by atoms with Crippen LogP contribution in [0.2, 0.25) is 0 Å². The van der Waals surface area contributed by atoms with Crippen molar-refractivity contribution in [3.05, 3.63) is 41.5 Å². The molecule has 1 aliphatic heterocycles. The fourth-order valence-corrected chi connectivity index (χ4v) is 2.17. The van der Waals surface area contributed by atoms with Crippen molar-refractivity contribution in [1.82, 2.24) is 9.97 Å². The van der Waals surface area contributed by atoms with Gasteiger partial charge in [-0.05, 0) is 6.07 Å². The second-order valence-corrected chi connectivity index (χ2v) is 4.34. The van der Waals surface area contributed by atoms with E-state index in [9.17, 15) is 8.78 Å². The van der Waals surface area contributed by atoms with Gasteiger partial charge in [-0.15, -0.1) is 0 Å². The van der Waals surface area contributed by atoms with Crippen molar-refractivity contribution in [3.8, 4) is 11.8 Å². The summed E-state index contributed by atoms with van der Waals surface area (Å²) < 4.78 is 32.7. The number of nitrogens with zero attached hydrogens (tertiary/aromatic N) is 3. The average Bonchev–Trinajstić information content (AvgIpc) is 2.96. The summed E-state index contributed by atoms with van der Waals surface area (Å²) in [5.74, 6) is -2.44. The third kappa shape index (κ3) is 1.95. The van der Waals surface area contributed by atoms with Crippen molar-refractivity contribution in [2.75, 3.05) is 18.1 Å². The second kappa shape index (κ2) is 4.81. The number of nitriles is 1. The number of nitrogens with one attached hydrogen (secondary N) is 1. The molecule has 0 atom stereocenters. The van der Waals surface area contributed by atoms with Gasteiger partial charge in [-0.2, -0.15) is 9.65 Å². The first-order chi connectivity index (χ1) is 9.70. The third-order valence-corrected chi connectivity index (χ3v) is 3.12. The Labute approximate surface area is 113 Å². The normalized spacial score (nSPS) is 13.6. The van der Waals surface area contributed by atoms with E-state index in [4.69, 9.17) is 10.00 Å². The van der Waals surface area contributed by atoms with Gasteiger partial charge in [-0.3, -0.25) is 0 Å². The van der Waals surface area contributed by atoms with E-state index < -0.39 is 11.6 Å². The van der Waals surface area contributed by atoms with Gasteiger partial charge in [0.15, 0.2) is 11.6 Å². The highest BCUT2D eigenvalue weighted by Crippen LogP contribution is 2.37. The average molecular weight is 276 g/mol. The molecule has 2 aromatic rings. The molecule has 0 unspecified atom stereocenters. The molecule has 2 heterocycles. The number of anilines is 1. The monoisotopic (exact) mass is 276 g/mol. The number of hydrogen-bond acceptors (Lipinski definition) is 4. The summed E-state index contributed by atoms with van der Waals surface area (Å²) in [6, 6.07) is 2.95. The summed E-state index contributed by atoms with van der Waals surface area (Å²) >= 11 is 0. The van der Waals surface area contributed by atoms with Crippen LogP contribution in [0.4, 0.5) is 14.5 Å². The minimum absolute atomic E-state index is 0.150. The molecular weight excluding hydrogens is 266 g/mol. The van der Waals surface area contributed by atoms with Gasteiger partial charge in [0.1, 0.15) is 12.7 Å². The van der Waals surface area contributed by atoms with Gasteiger partial charge in [-0.1, -0.05) is 0 Å². The van der Waals surface area contributed by atoms with Crippen molar-refractivity contribution in [2.45, 2.75) is 6.54 Å². The summed E-state index contributed by atoms with van der Waals surface area (Å²) in [7, 11) is 0. The van der Waals surface area contributed by atoms with Gasteiger partial charge in [-0.25, -0.2) is 9.37 Å². The molecule has 0 radical (unpaired) electrons. The highest BCUT2D eigenvalue weighted by molar-refractivity contribution is 5.64. The second-order valence-electron chi connectivity index (χ2n) is 4.34. The molecule has 0 amide bonds. The minimum Gasteiger partial charge on any atom is -0.486 e. The van der Waals surface area contributed by atoms with E-state index in [1.165, 1.54) is 6.07 Å². The summed E-state index contributed by atoms with van der Waals surface area (Å²) in [6.07, 6.45) is 3.27. The fourth-order valence-electron chi connectivity index (χ4n) is 2.17. The van der Waals surface area contributed by atoms with Crippen LogP contribution in [-0.4, -0.2) is 23.1 Å². The third-order valence-electron chi connectivity index (χ3n) is 3.12. The Morgan fingerprint density at radius 3 is 3.00 bits per heavy atom. The Morgan fingerprint density at radius 1 is 1.45 bits per heavy atom. The lowest BCUT2D eigenvalue weighted by atomic mass is 10.1. The predicted molar refractivity (Wildman–Crippen MR) is 66.2 cm³/mol. The van der Waals surface area contributed by atoms with Gasteiger partial charge in [0, 0.05) is 6.20 Å². The molecule has 5 nitrogen and oxygen atoms in total. The summed E-state index contributed by atoms with van der Waals surface area (Å²) in [5, 5.41) is 8.85. The van der Waals surface area contributed by atoms with Crippen LogP contribution in [0.3, 0.4) is 0 Å². The highest BCUT2D eigenvalue weighted by atomic mass is 19.2. The van der Waals surface area contributed by atoms with Gasteiger partial charge < -0.3 is 14.6 Å². The molecule has 7 heteroatoms. The van der Waals surface area contributed by atoms with E-state index in [1.54, 1.807) is 23.5 Å². The van der Waals surface area contributed by atoms with E-state index in [2.05, 4.69) is 9.97 Å². The molecular formula is C13H10F2N4O. The van der Waals surface area contributed by atoms with Crippen molar-refractivity contribution in [2.24, 2.45) is 0 Å². The molecule has 1 aromatic carbocycles. The first kappa shape index (κ1) is 12.4. The van der Waals surface area contributed by atoms with Crippen LogP contribution < -0.4 is 9.64 Å². The lowest BCUT2D eigenvalue weighted by Gasteiger charge is -2.31. The number of halogens is 2. The standard InChI is InChI=1S/C13H10F2N4O/c14-11-8(4-16)3-10-13(12(11)15)20-2-1-19(10)6-9-5-17-7-18-9/h3,5,7H,1-2,6H2,(H,17,18). The molecule has 3 rings (SSSR count). The Bertz CT molecular complexity index is 679. The number of benzene rings is 1. The largest absolute Gasteiger partial charge is 0.486 e. The topological polar surface area (TPSA) is 64.9 Å². The number of H-pyrrole nitrogens is 1. The quantitative estimate of drug-likeness (QED) is 0.910. The first-order valence-corrected chi connectivity index (χ1v) is 5.98. The number of aromatic nitrogens is 2. The molecule has 102 valence electrons. The maximum Gasteiger partial charge on any atom is 0.204 e. The molecule has 0 aliphatic carbocycles. The lowest BCUT2D eigenvalue weighted by molar-refractivity contribution is 0.285. The number of rotatable bonds is 2. The first-order valence-electron chi connectivity index (χ1n) is 5.98. The van der Waals surface area contributed by atoms with Crippen LogP contribution in [0.1, 0.15) is 11.3 Å². The maximum atomic E-state index is 13.9.